The van der Waals surface area contributed by atoms with Gasteiger partial charge in [-0.15, -0.1) is 0 Å². The van der Waals surface area contributed by atoms with Crippen molar-refractivity contribution in [3.63, 3.8) is 0 Å². The summed E-state index contributed by atoms with van der Waals surface area (Å²) in [7, 11) is 1.60. The van der Waals surface area contributed by atoms with E-state index in [9.17, 15) is 9.59 Å². The SMILES string of the molecule is COc1ccc(NC(=O)CCCNC(=O)C2CC2)cc1. The summed E-state index contributed by atoms with van der Waals surface area (Å²) in [6, 6.07) is 7.19. The third-order valence-electron chi connectivity index (χ3n) is 3.20. The van der Waals surface area contributed by atoms with Crippen LogP contribution in [0.1, 0.15) is 25.7 Å². The number of methoxy groups -OCH3 is 1. The van der Waals surface area contributed by atoms with Crippen molar-refractivity contribution in [1.29, 1.82) is 0 Å². The standard InChI is InChI=1S/C15H20N2O3/c1-20-13-8-6-12(7-9-13)17-14(18)3-2-10-16-15(19)11-4-5-11/h6-9,11H,2-5,10H2,1H3,(H,16,19)(H,17,18). The number of benzene rings is 1. The predicted molar refractivity (Wildman–Crippen MR) is 76.6 cm³/mol. The molecular weight excluding hydrogens is 256 g/mol. The predicted octanol–water partition coefficient (Wildman–Crippen LogP) is 1.94. The highest BCUT2D eigenvalue weighted by atomic mass is 16.5. The van der Waals surface area contributed by atoms with E-state index in [1.54, 1.807) is 31.4 Å². The second-order valence-corrected chi connectivity index (χ2v) is 4.95. The van der Waals surface area contributed by atoms with E-state index >= 15 is 0 Å². The van der Waals surface area contributed by atoms with Gasteiger partial charge in [0.05, 0.1) is 7.11 Å². The first-order chi connectivity index (χ1) is 9.69. The van der Waals surface area contributed by atoms with E-state index < -0.39 is 0 Å². The summed E-state index contributed by atoms with van der Waals surface area (Å²) in [6.45, 7) is 0.561. The van der Waals surface area contributed by atoms with Crippen molar-refractivity contribution < 1.29 is 14.3 Å². The van der Waals surface area contributed by atoms with Crippen molar-refractivity contribution in [3.8, 4) is 5.75 Å². The average molecular weight is 276 g/mol. The molecule has 2 N–H and O–H groups in total. The van der Waals surface area contributed by atoms with Crippen LogP contribution < -0.4 is 15.4 Å². The Bertz CT molecular complexity index is 467. The van der Waals surface area contributed by atoms with Crippen molar-refractivity contribution in [2.24, 2.45) is 5.92 Å². The molecule has 1 fully saturated rings. The van der Waals surface area contributed by atoms with Crippen LogP contribution in [0.3, 0.4) is 0 Å². The Balaban J connectivity index is 1.62. The zero-order valence-electron chi connectivity index (χ0n) is 11.6. The van der Waals surface area contributed by atoms with Gasteiger partial charge < -0.3 is 15.4 Å². The number of nitrogens with one attached hydrogen (secondary N) is 2. The second kappa shape index (κ2) is 6.93. The summed E-state index contributed by atoms with van der Waals surface area (Å²) in [4.78, 5) is 23.1. The summed E-state index contributed by atoms with van der Waals surface area (Å²) in [5.41, 5.74) is 0.748. The molecule has 0 spiro atoms. The molecule has 2 rings (SSSR count). The molecule has 1 aliphatic rings. The van der Waals surface area contributed by atoms with Crippen LogP contribution >= 0.6 is 0 Å². The Hall–Kier alpha value is -2.04. The van der Waals surface area contributed by atoms with Crippen LogP contribution in [0.2, 0.25) is 0 Å². The number of rotatable bonds is 7. The second-order valence-electron chi connectivity index (χ2n) is 4.95. The fourth-order valence-corrected chi connectivity index (χ4v) is 1.85. The summed E-state index contributed by atoms with van der Waals surface area (Å²) in [5, 5.41) is 5.65. The Labute approximate surface area is 118 Å². The van der Waals surface area contributed by atoms with Gasteiger partial charge >= 0.3 is 0 Å². The van der Waals surface area contributed by atoms with E-state index in [0.717, 1.165) is 24.3 Å². The summed E-state index contributed by atoms with van der Waals surface area (Å²) in [6.07, 6.45) is 3.06. The average Bonchev–Trinajstić information content (AvgIpc) is 3.29. The molecular formula is C15H20N2O3. The maximum Gasteiger partial charge on any atom is 0.224 e. The van der Waals surface area contributed by atoms with E-state index in [1.165, 1.54) is 0 Å². The molecule has 0 atom stereocenters. The van der Waals surface area contributed by atoms with Gasteiger partial charge in [0, 0.05) is 24.6 Å². The van der Waals surface area contributed by atoms with Gasteiger partial charge in [0.2, 0.25) is 11.8 Å². The van der Waals surface area contributed by atoms with Crippen LogP contribution in [0.15, 0.2) is 24.3 Å². The van der Waals surface area contributed by atoms with Crippen molar-refractivity contribution in [2.75, 3.05) is 19.0 Å². The number of carbonyl (C=O) groups is 2. The molecule has 108 valence electrons. The van der Waals surface area contributed by atoms with Gasteiger partial charge in [0.25, 0.3) is 0 Å². The topological polar surface area (TPSA) is 67.4 Å². The van der Waals surface area contributed by atoms with Crippen LogP contribution in [0.25, 0.3) is 0 Å². The van der Waals surface area contributed by atoms with Crippen molar-refractivity contribution >= 4 is 17.5 Å². The molecule has 0 heterocycles. The molecule has 2 amide bonds. The van der Waals surface area contributed by atoms with E-state index in [1.807, 2.05) is 0 Å². The lowest BCUT2D eigenvalue weighted by molar-refractivity contribution is -0.122. The van der Waals surface area contributed by atoms with Crippen LogP contribution in [0.4, 0.5) is 5.69 Å². The number of ether oxygens (including phenoxy) is 1. The largest absolute Gasteiger partial charge is 0.497 e. The normalized spacial score (nSPS) is 13.7. The molecule has 5 heteroatoms. The van der Waals surface area contributed by atoms with Crippen LogP contribution in [0.5, 0.6) is 5.75 Å². The van der Waals surface area contributed by atoms with E-state index in [0.29, 0.717) is 19.4 Å². The highest BCUT2D eigenvalue weighted by Gasteiger charge is 2.28. The van der Waals surface area contributed by atoms with Gasteiger partial charge in [-0.2, -0.15) is 0 Å². The van der Waals surface area contributed by atoms with Gasteiger partial charge in [0.15, 0.2) is 0 Å². The number of hydrogen-bond donors (Lipinski definition) is 2. The lowest BCUT2D eigenvalue weighted by Crippen LogP contribution is -2.26. The van der Waals surface area contributed by atoms with Gasteiger partial charge in [-0.3, -0.25) is 9.59 Å². The maximum atomic E-state index is 11.7. The monoisotopic (exact) mass is 276 g/mol. The summed E-state index contributed by atoms with van der Waals surface area (Å²) < 4.78 is 5.05. The van der Waals surface area contributed by atoms with Crippen molar-refractivity contribution in [1.82, 2.24) is 5.32 Å². The highest BCUT2D eigenvalue weighted by molar-refractivity contribution is 5.90. The van der Waals surface area contributed by atoms with E-state index in [4.69, 9.17) is 4.74 Å². The first-order valence-corrected chi connectivity index (χ1v) is 6.90. The molecule has 1 aromatic rings. The number of carbonyl (C=O) groups excluding carboxylic acids is 2. The Kier molecular flexibility index (Phi) is 4.98. The first kappa shape index (κ1) is 14.4. The molecule has 1 aliphatic carbocycles. The van der Waals surface area contributed by atoms with E-state index in [-0.39, 0.29) is 17.7 Å². The number of hydrogen-bond acceptors (Lipinski definition) is 3. The summed E-state index contributed by atoms with van der Waals surface area (Å²) in [5.74, 6) is 1.06. The lowest BCUT2D eigenvalue weighted by atomic mass is 10.2. The molecule has 0 unspecified atom stereocenters. The molecule has 1 aromatic carbocycles. The van der Waals surface area contributed by atoms with E-state index in [2.05, 4.69) is 10.6 Å². The van der Waals surface area contributed by atoms with Gasteiger partial charge in [0.1, 0.15) is 5.75 Å². The quantitative estimate of drug-likeness (QED) is 0.748. The number of amides is 2. The zero-order valence-corrected chi connectivity index (χ0v) is 11.6. The van der Waals surface area contributed by atoms with Gasteiger partial charge in [-0.1, -0.05) is 0 Å². The third-order valence-corrected chi connectivity index (χ3v) is 3.20. The first-order valence-electron chi connectivity index (χ1n) is 6.90. The van der Waals surface area contributed by atoms with Crippen LogP contribution in [-0.2, 0) is 9.59 Å². The van der Waals surface area contributed by atoms with Crippen molar-refractivity contribution in [3.05, 3.63) is 24.3 Å². The minimum absolute atomic E-state index is 0.0455. The van der Waals surface area contributed by atoms with Gasteiger partial charge in [-0.05, 0) is 43.5 Å². The maximum absolute atomic E-state index is 11.7. The van der Waals surface area contributed by atoms with Gasteiger partial charge in [-0.25, -0.2) is 0 Å². The Morgan fingerprint density at radius 2 is 1.95 bits per heavy atom. The smallest absolute Gasteiger partial charge is 0.224 e. The third kappa shape index (κ3) is 4.57. The molecule has 0 aromatic heterocycles. The molecule has 0 radical (unpaired) electrons. The molecule has 0 bridgehead atoms. The fraction of sp³-hybridized carbons (Fsp3) is 0.467. The molecule has 20 heavy (non-hydrogen) atoms. The molecule has 1 saturated carbocycles. The molecule has 5 nitrogen and oxygen atoms in total. The molecule has 0 saturated heterocycles. The Morgan fingerprint density at radius 1 is 1.25 bits per heavy atom. The van der Waals surface area contributed by atoms with Crippen LogP contribution in [-0.4, -0.2) is 25.5 Å². The highest BCUT2D eigenvalue weighted by Crippen LogP contribution is 2.28. The Morgan fingerprint density at radius 3 is 2.55 bits per heavy atom. The van der Waals surface area contributed by atoms with Crippen LogP contribution in [0, 0.1) is 5.92 Å². The fourth-order valence-electron chi connectivity index (χ4n) is 1.85. The number of anilines is 1. The minimum Gasteiger partial charge on any atom is -0.497 e. The zero-order chi connectivity index (χ0) is 14.4. The lowest BCUT2D eigenvalue weighted by Gasteiger charge is -2.07. The van der Waals surface area contributed by atoms with Crippen molar-refractivity contribution in [2.45, 2.75) is 25.7 Å². The minimum atomic E-state index is -0.0455. The summed E-state index contributed by atoms with van der Waals surface area (Å²) >= 11 is 0. The molecule has 0 aliphatic heterocycles.